The van der Waals surface area contributed by atoms with E-state index in [4.69, 9.17) is 4.74 Å². The molecule has 0 bridgehead atoms. The number of benzene rings is 1. The summed E-state index contributed by atoms with van der Waals surface area (Å²) in [7, 11) is 1.30. The van der Waals surface area contributed by atoms with Crippen LogP contribution in [0.25, 0.3) is 0 Å². The second-order valence-electron chi connectivity index (χ2n) is 4.44. The molecule has 1 aromatic carbocycles. The molecule has 1 atom stereocenters. The Morgan fingerprint density at radius 3 is 2.76 bits per heavy atom. The lowest BCUT2D eigenvalue weighted by Gasteiger charge is -2.14. The number of methoxy groups -OCH3 is 1. The molecule has 1 N–H and O–H groups in total. The van der Waals surface area contributed by atoms with E-state index in [-0.39, 0.29) is 17.5 Å². The number of nitro groups is 1. The quantitative estimate of drug-likeness (QED) is 0.673. The lowest BCUT2D eigenvalue weighted by molar-refractivity contribution is -0.385. The number of rotatable bonds is 5. The average Bonchev–Trinajstić information content (AvgIpc) is 2.87. The number of aryl methyl sites for hydroxylation is 1. The van der Waals surface area contributed by atoms with Crippen LogP contribution < -0.4 is 10.1 Å². The first-order valence-corrected chi connectivity index (χ1v) is 6.94. The molecule has 0 saturated heterocycles. The van der Waals surface area contributed by atoms with Gasteiger partial charge in [0.15, 0.2) is 11.6 Å². The molecule has 1 aromatic heterocycles. The zero-order valence-electron chi connectivity index (χ0n) is 11.7. The SMILES string of the molecule is COc1cc(NC(C)c2ncc(C)s2)c(F)cc1[N+](=O)[O-]. The van der Waals surface area contributed by atoms with Gasteiger partial charge in [-0.05, 0) is 13.8 Å². The lowest BCUT2D eigenvalue weighted by Crippen LogP contribution is -2.08. The maximum Gasteiger partial charge on any atom is 0.313 e. The monoisotopic (exact) mass is 311 g/mol. The number of thiazole rings is 1. The summed E-state index contributed by atoms with van der Waals surface area (Å²) in [5.74, 6) is -0.700. The van der Waals surface area contributed by atoms with Crippen LogP contribution >= 0.6 is 11.3 Å². The van der Waals surface area contributed by atoms with Crippen LogP contribution in [0.15, 0.2) is 18.3 Å². The molecule has 2 rings (SSSR count). The minimum absolute atomic E-state index is 0.00594. The maximum atomic E-state index is 14.0. The fourth-order valence-corrected chi connectivity index (χ4v) is 2.60. The van der Waals surface area contributed by atoms with E-state index in [9.17, 15) is 14.5 Å². The van der Waals surface area contributed by atoms with Crippen molar-refractivity contribution in [3.05, 3.63) is 44.1 Å². The predicted molar refractivity (Wildman–Crippen MR) is 78.5 cm³/mol. The molecule has 1 unspecified atom stereocenters. The van der Waals surface area contributed by atoms with E-state index in [1.807, 2.05) is 13.8 Å². The van der Waals surface area contributed by atoms with E-state index in [0.717, 1.165) is 16.0 Å². The van der Waals surface area contributed by atoms with Crippen LogP contribution in [0.3, 0.4) is 0 Å². The van der Waals surface area contributed by atoms with Crippen molar-refractivity contribution in [2.75, 3.05) is 12.4 Å². The maximum absolute atomic E-state index is 14.0. The third-order valence-corrected chi connectivity index (χ3v) is 3.94. The lowest BCUT2D eigenvalue weighted by atomic mass is 10.2. The van der Waals surface area contributed by atoms with E-state index < -0.39 is 16.4 Å². The van der Waals surface area contributed by atoms with Gasteiger partial charge in [-0.25, -0.2) is 9.37 Å². The molecule has 1 heterocycles. The van der Waals surface area contributed by atoms with Gasteiger partial charge in [0.2, 0.25) is 0 Å². The van der Waals surface area contributed by atoms with Gasteiger partial charge in [0.1, 0.15) is 5.01 Å². The van der Waals surface area contributed by atoms with Crippen LogP contribution in [-0.4, -0.2) is 17.0 Å². The standard InChI is InChI=1S/C13H14FN3O3S/c1-7-6-15-13(21-7)8(2)16-10-5-12(20-3)11(17(18)19)4-9(10)14/h4-6,8,16H,1-3H3. The molecule has 8 heteroatoms. The topological polar surface area (TPSA) is 77.3 Å². The van der Waals surface area contributed by atoms with Gasteiger partial charge in [0.05, 0.1) is 29.8 Å². The summed E-state index contributed by atoms with van der Waals surface area (Å²) >= 11 is 1.50. The number of hydrogen-bond donors (Lipinski definition) is 1. The number of halogens is 1. The molecule has 0 amide bonds. The Morgan fingerprint density at radius 2 is 2.24 bits per heavy atom. The van der Waals surface area contributed by atoms with Gasteiger partial charge in [0, 0.05) is 17.1 Å². The molecule has 0 fully saturated rings. The molecule has 112 valence electrons. The first-order chi connectivity index (χ1) is 9.92. The van der Waals surface area contributed by atoms with Crippen LogP contribution in [-0.2, 0) is 0 Å². The molecular weight excluding hydrogens is 297 g/mol. The second kappa shape index (κ2) is 6.04. The summed E-state index contributed by atoms with van der Waals surface area (Å²) in [4.78, 5) is 15.4. The molecule has 0 aliphatic heterocycles. The molecule has 0 spiro atoms. The fourth-order valence-electron chi connectivity index (χ4n) is 1.83. The van der Waals surface area contributed by atoms with Gasteiger partial charge < -0.3 is 10.1 Å². The summed E-state index contributed by atoms with van der Waals surface area (Å²) in [5, 5.41) is 14.6. The third-order valence-electron chi connectivity index (χ3n) is 2.85. The molecule has 2 aromatic rings. The van der Waals surface area contributed by atoms with Crippen LogP contribution in [0.5, 0.6) is 5.75 Å². The molecule has 21 heavy (non-hydrogen) atoms. The van der Waals surface area contributed by atoms with E-state index in [2.05, 4.69) is 10.3 Å². The highest BCUT2D eigenvalue weighted by molar-refractivity contribution is 7.11. The minimum atomic E-state index is -0.706. The van der Waals surface area contributed by atoms with E-state index >= 15 is 0 Å². The normalized spacial score (nSPS) is 12.0. The van der Waals surface area contributed by atoms with Gasteiger partial charge in [-0.3, -0.25) is 10.1 Å². The molecule has 0 aliphatic rings. The highest BCUT2D eigenvalue weighted by Crippen LogP contribution is 2.34. The number of anilines is 1. The van der Waals surface area contributed by atoms with Crippen LogP contribution in [0.4, 0.5) is 15.8 Å². The van der Waals surface area contributed by atoms with Crippen LogP contribution in [0.2, 0.25) is 0 Å². The highest BCUT2D eigenvalue weighted by Gasteiger charge is 2.20. The van der Waals surface area contributed by atoms with Crippen LogP contribution in [0, 0.1) is 22.9 Å². The van der Waals surface area contributed by atoms with Crippen molar-refractivity contribution in [1.29, 1.82) is 0 Å². The van der Waals surface area contributed by atoms with E-state index in [0.29, 0.717) is 0 Å². The van der Waals surface area contributed by atoms with E-state index in [1.165, 1.54) is 24.5 Å². The van der Waals surface area contributed by atoms with Crippen molar-refractivity contribution < 1.29 is 14.1 Å². The number of nitrogens with zero attached hydrogens (tertiary/aromatic N) is 2. The first kappa shape index (κ1) is 15.2. The average molecular weight is 311 g/mol. The van der Waals surface area contributed by atoms with Gasteiger partial charge >= 0.3 is 5.69 Å². The Labute approximate surface area is 124 Å². The number of ether oxygens (including phenoxy) is 1. The molecule has 6 nitrogen and oxygen atoms in total. The highest BCUT2D eigenvalue weighted by atomic mass is 32.1. The Morgan fingerprint density at radius 1 is 1.52 bits per heavy atom. The summed E-state index contributed by atoms with van der Waals surface area (Å²) in [5.41, 5.74) is -0.268. The van der Waals surface area contributed by atoms with Crippen molar-refractivity contribution in [2.24, 2.45) is 0 Å². The number of aromatic nitrogens is 1. The third kappa shape index (κ3) is 3.27. The number of nitro benzene ring substituents is 1. The Kier molecular flexibility index (Phi) is 4.37. The van der Waals surface area contributed by atoms with Gasteiger partial charge in [-0.15, -0.1) is 11.3 Å². The van der Waals surface area contributed by atoms with Gasteiger partial charge in [-0.1, -0.05) is 0 Å². The summed E-state index contributed by atoms with van der Waals surface area (Å²) in [6, 6.07) is 1.91. The largest absolute Gasteiger partial charge is 0.490 e. The molecular formula is C13H14FN3O3S. The molecule has 0 radical (unpaired) electrons. The van der Waals surface area contributed by atoms with Crippen molar-refractivity contribution in [2.45, 2.75) is 19.9 Å². The summed E-state index contributed by atoms with van der Waals surface area (Å²) in [6.07, 6.45) is 1.74. The number of hydrogen-bond acceptors (Lipinski definition) is 6. The van der Waals surface area contributed by atoms with Crippen molar-refractivity contribution in [3.8, 4) is 5.75 Å². The van der Waals surface area contributed by atoms with Crippen molar-refractivity contribution in [3.63, 3.8) is 0 Å². The van der Waals surface area contributed by atoms with Gasteiger partial charge in [0.25, 0.3) is 0 Å². The van der Waals surface area contributed by atoms with Crippen LogP contribution in [0.1, 0.15) is 22.9 Å². The Bertz CT molecular complexity index is 675. The van der Waals surface area contributed by atoms with Crippen molar-refractivity contribution >= 4 is 22.7 Å². The van der Waals surface area contributed by atoms with Gasteiger partial charge in [-0.2, -0.15) is 0 Å². The zero-order chi connectivity index (χ0) is 15.6. The zero-order valence-corrected chi connectivity index (χ0v) is 12.5. The minimum Gasteiger partial charge on any atom is -0.490 e. The smallest absolute Gasteiger partial charge is 0.313 e. The summed E-state index contributed by atoms with van der Waals surface area (Å²) < 4.78 is 18.9. The molecule has 0 saturated carbocycles. The Hall–Kier alpha value is -2.22. The second-order valence-corrected chi connectivity index (χ2v) is 5.70. The van der Waals surface area contributed by atoms with Crippen molar-refractivity contribution in [1.82, 2.24) is 4.98 Å². The molecule has 0 aliphatic carbocycles. The van der Waals surface area contributed by atoms with E-state index in [1.54, 1.807) is 6.20 Å². The number of nitrogens with one attached hydrogen (secondary N) is 1. The fraction of sp³-hybridized carbons (Fsp3) is 0.308. The Balaban J connectivity index is 2.30. The predicted octanol–water partition coefficient (Wildman–Crippen LogP) is 3.68. The summed E-state index contributed by atoms with van der Waals surface area (Å²) in [6.45, 7) is 3.77. The first-order valence-electron chi connectivity index (χ1n) is 6.13.